The van der Waals surface area contributed by atoms with Gasteiger partial charge in [-0.2, -0.15) is 0 Å². The maximum atomic E-state index is 15.0. The Balaban J connectivity index is 1.64. The van der Waals surface area contributed by atoms with Crippen molar-refractivity contribution in [2.24, 2.45) is 0 Å². The summed E-state index contributed by atoms with van der Waals surface area (Å²) in [6.45, 7) is 6.51. The molecule has 6 aromatic rings. The van der Waals surface area contributed by atoms with E-state index >= 15 is 8.78 Å². The van der Waals surface area contributed by atoms with Gasteiger partial charge >= 0.3 is 0 Å². The zero-order chi connectivity index (χ0) is 25.5. The monoisotopic (exact) mass is 486 g/mol. The fourth-order valence-electron chi connectivity index (χ4n) is 6.23. The van der Waals surface area contributed by atoms with Crippen molar-refractivity contribution in [1.82, 2.24) is 9.55 Å². The summed E-state index contributed by atoms with van der Waals surface area (Å²) in [5, 5.41) is 2.22. The third-order valence-electron chi connectivity index (χ3n) is 7.96. The van der Waals surface area contributed by atoms with Gasteiger partial charge in [-0.05, 0) is 52.9 Å². The molecule has 0 unspecified atom stereocenters. The van der Waals surface area contributed by atoms with Gasteiger partial charge in [-0.25, -0.2) is 8.78 Å². The molecule has 0 amide bonds. The molecule has 0 saturated carbocycles. The Bertz CT molecular complexity index is 1870. The van der Waals surface area contributed by atoms with E-state index < -0.39 is 11.6 Å². The van der Waals surface area contributed by atoms with Gasteiger partial charge in [0.15, 0.2) is 11.6 Å². The first kappa shape index (κ1) is 21.9. The SMILES string of the molecule is Cc1cccc(-c2c(F)cncc2F)c1-n1c2ccccc2c2cc3c(cc21)C(C)(C)c1ccccc1-3. The summed E-state index contributed by atoms with van der Waals surface area (Å²) in [6, 6.07) is 27.0. The molecule has 0 aliphatic heterocycles. The number of para-hydroxylation sites is 2. The number of hydrogen-bond acceptors (Lipinski definition) is 1. The van der Waals surface area contributed by atoms with Crippen LogP contribution in [0.3, 0.4) is 0 Å². The normalized spacial score (nSPS) is 13.8. The molecule has 0 spiro atoms. The van der Waals surface area contributed by atoms with E-state index in [0.29, 0.717) is 5.56 Å². The number of aromatic nitrogens is 2. The second kappa shape index (κ2) is 7.59. The molecule has 180 valence electrons. The minimum Gasteiger partial charge on any atom is -0.308 e. The van der Waals surface area contributed by atoms with E-state index in [4.69, 9.17) is 0 Å². The molecule has 0 atom stereocenters. The third kappa shape index (κ3) is 2.93. The van der Waals surface area contributed by atoms with Crippen molar-refractivity contribution in [2.75, 3.05) is 0 Å². The van der Waals surface area contributed by atoms with Crippen molar-refractivity contribution in [3.63, 3.8) is 0 Å². The van der Waals surface area contributed by atoms with Gasteiger partial charge < -0.3 is 4.57 Å². The summed E-state index contributed by atoms with van der Waals surface area (Å²) < 4.78 is 32.3. The van der Waals surface area contributed by atoms with E-state index in [2.05, 4.69) is 71.9 Å². The number of nitrogens with zero attached hydrogens (tertiary/aromatic N) is 2. The summed E-state index contributed by atoms with van der Waals surface area (Å²) in [4.78, 5) is 3.70. The molecular formula is C33H24F2N2. The quantitative estimate of drug-likeness (QED) is 0.239. The minimum absolute atomic E-state index is 0.0615. The average molecular weight is 487 g/mol. The molecule has 0 bridgehead atoms. The van der Waals surface area contributed by atoms with E-state index in [1.54, 1.807) is 6.07 Å². The van der Waals surface area contributed by atoms with Crippen LogP contribution in [0.25, 0.3) is 49.7 Å². The van der Waals surface area contributed by atoms with Crippen LogP contribution in [-0.2, 0) is 5.41 Å². The van der Waals surface area contributed by atoms with Crippen molar-refractivity contribution in [1.29, 1.82) is 0 Å². The first-order valence-electron chi connectivity index (χ1n) is 12.4. The van der Waals surface area contributed by atoms with Crippen LogP contribution in [0.2, 0.25) is 0 Å². The number of aryl methyl sites for hydroxylation is 1. The molecule has 0 saturated heterocycles. The lowest BCUT2D eigenvalue weighted by atomic mass is 9.82. The van der Waals surface area contributed by atoms with Crippen LogP contribution in [0.5, 0.6) is 0 Å². The van der Waals surface area contributed by atoms with Gasteiger partial charge in [0.05, 0.1) is 34.7 Å². The number of benzene rings is 4. The molecule has 0 radical (unpaired) electrons. The lowest BCUT2D eigenvalue weighted by Crippen LogP contribution is -2.15. The van der Waals surface area contributed by atoms with Gasteiger partial charge in [0.1, 0.15) is 0 Å². The summed E-state index contributed by atoms with van der Waals surface area (Å²) in [5.41, 5.74) is 9.06. The van der Waals surface area contributed by atoms with E-state index in [1.807, 2.05) is 31.2 Å². The minimum atomic E-state index is -0.676. The maximum Gasteiger partial charge on any atom is 0.152 e. The molecule has 0 fully saturated rings. The number of rotatable bonds is 2. The van der Waals surface area contributed by atoms with Gasteiger partial charge in [-0.15, -0.1) is 0 Å². The van der Waals surface area contributed by atoms with Crippen LogP contribution in [-0.4, -0.2) is 9.55 Å². The molecule has 4 aromatic carbocycles. The Morgan fingerprint density at radius 3 is 2.19 bits per heavy atom. The lowest BCUT2D eigenvalue weighted by molar-refractivity contribution is 0.579. The molecule has 37 heavy (non-hydrogen) atoms. The topological polar surface area (TPSA) is 17.8 Å². The summed E-state index contributed by atoms with van der Waals surface area (Å²) in [5.74, 6) is -1.35. The molecule has 2 aromatic heterocycles. The van der Waals surface area contributed by atoms with E-state index in [-0.39, 0.29) is 11.0 Å². The smallest absolute Gasteiger partial charge is 0.152 e. The van der Waals surface area contributed by atoms with Crippen molar-refractivity contribution in [3.05, 3.63) is 120 Å². The fourth-order valence-corrected chi connectivity index (χ4v) is 6.23. The van der Waals surface area contributed by atoms with Crippen LogP contribution in [0.4, 0.5) is 8.78 Å². The highest BCUT2D eigenvalue weighted by Crippen LogP contribution is 2.51. The maximum absolute atomic E-state index is 15.0. The van der Waals surface area contributed by atoms with Crippen molar-refractivity contribution in [2.45, 2.75) is 26.2 Å². The van der Waals surface area contributed by atoms with E-state index in [1.165, 1.54) is 22.3 Å². The molecular weight excluding hydrogens is 462 g/mol. The van der Waals surface area contributed by atoms with Crippen LogP contribution in [0.15, 0.2) is 91.3 Å². The highest BCUT2D eigenvalue weighted by Gasteiger charge is 2.36. The second-order valence-electron chi connectivity index (χ2n) is 10.4. The Kier molecular flexibility index (Phi) is 4.50. The van der Waals surface area contributed by atoms with Crippen LogP contribution in [0.1, 0.15) is 30.5 Å². The number of fused-ring (bicyclic) bond motifs is 6. The van der Waals surface area contributed by atoms with Crippen LogP contribution >= 0.6 is 0 Å². The van der Waals surface area contributed by atoms with E-state index in [9.17, 15) is 0 Å². The van der Waals surface area contributed by atoms with Crippen LogP contribution < -0.4 is 0 Å². The molecule has 2 nitrogen and oxygen atoms in total. The fraction of sp³-hybridized carbons (Fsp3) is 0.121. The van der Waals surface area contributed by atoms with Crippen molar-refractivity contribution in [3.8, 4) is 27.9 Å². The molecule has 2 heterocycles. The van der Waals surface area contributed by atoms with Gasteiger partial charge in [0.2, 0.25) is 0 Å². The molecule has 7 rings (SSSR count). The summed E-state index contributed by atoms with van der Waals surface area (Å²) >= 11 is 0. The predicted molar refractivity (Wildman–Crippen MR) is 146 cm³/mol. The Morgan fingerprint density at radius 2 is 1.38 bits per heavy atom. The Labute approximate surface area is 213 Å². The zero-order valence-electron chi connectivity index (χ0n) is 20.8. The first-order chi connectivity index (χ1) is 17.9. The third-order valence-corrected chi connectivity index (χ3v) is 7.96. The summed E-state index contributed by atoms with van der Waals surface area (Å²) in [7, 11) is 0. The molecule has 1 aliphatic rings. The molecule has 1 aliphatic carbocycles. The standard InChI is InChI=1S/C33H24F2N2/c1-19-9-8-12-22(31-27(34)17-36-18-28(31)35)32(19)37-29-14-7-5-11-21(29)24-15-23-20-10-4-6-13-25(20)33(2,3)26(23)16-30(24)37/h4-18H,1-3H3. The van der Waals surface area contributed by atoms with Crippen molar-refractivity contribution < 1.29 is 8.78 Å². The van der Waals surface area contributed by atoms with Gasteiger partial charge in [-0.3, -0.25) is 4.98 Å². The number of hydrogen-bond donors (Lipinski definition) is 0. The van der Waals surface area contributed by atoms with Crippen LogP contribution in [0, 0.1) is 18.6 Å². The van der Waals surface area contributed by atoms with Gasteiger partial charge in [-0.1, -0.05) is 74.5 Å². The molecule has 4 heteroatoms. The second-order valence-corrected chi connectivity index (χ2v) is 10.4. The largest absolute Gasteiger partial charge is 0.308 e. The molecule has 0 N–H and O–H groups in total. The van der Waals surface area contributed by atoms with Crippen molar-refractivity contribution >= 4 is 21.8 Å². The van der Waals surface area contributed by atoms with E-state index in [0.717, 1.165) is 45.5 Å². The number of pyridine rings is 1. The van der Waals surface area contributed by atoms with Gasteiger partial charge in [0.25, 0.3) is 0 Å². The Hall–Kier alpha value is -4.31. The highest BCUT2D eigenvalue weighted by atomic mass is 19.1. The first-order valence-corrected chi connectivity index (χ1v) is 12.4. The summed E-state index contributed by atoms with van der Waals surface area (Å²) in [6.07, 6.45) is 2.14. The number of halogens is 2. The Morgan fingerprint density at radius 1 is 0.676 bits per heavy atom. The lowest BCUT2D eigenvalue weighted by Gasteiger charge is -2.22. The van der Waals surface area contributed by atoms with Gasteiger partial charge in [0, 0.05) is 21.8 Å². The predicted octanol–water partition coefficient (Wildman–Crippen LogP) is 8.74. The highest BCUT2D eigenvalue weighted by molar-refractivity contribution is 6.12. The average Bonchev–Trinajstić information content (AvgIpc) is 3.32. The zero-order valence-corrected chi connectivity index (χ0v) is 20.8.